The van der Waals surface area contributed by atoms with Gasteiger partial charge < -0.3 is 20.1 Å². The summed E-state index contributed by atoms with van der Waals surface area (Å²) in [5.74, 6) is -1.24. The predicted molar refractivity (Wildman–Crippen MR) is 153 cm³/mol. The van der Waals surface area contributed by atoms with Gasteiger partial charge in [-0.1, -0.05) is 80.1 Å². The molecule has 1 aliphatic rings. The number of benzene rings is 3. The normalized spacial score (nSPS) is 19.9. The topological polar surface area (TPSA) is 66.3 Å². The lowest BCUT2D eigenvalue weighted by Gasteiger charge is -2.33. The lowest BCUT2D eigenvalue weighted by Crippen LogP contribution is -2.54. The van der Waals surface area contributed by atoms with Crippen LogP contribution < -0.4 is 10.6 Å². The van der Waals surface area contributed by atoms with Gasteiger partial charge in [-0.15, -0.1) is 0 Å². The molecule has 4 rings (SSSR count). The van der Waals surface area contributed by atoms with E-state index in [1.807, 2.05) is 44.2 Å². The largest absolute Gasteiger partial charge is 0.343 e. The molecule has 0 saturated carbocycles. The van der Waals surface area contributed by atoms with Crippen molar-refractivity contribution in [2.45, 2.75) is 83.1 Å². The number of rotatable bonds is 13. The van der Waals surface area contributed by atoms with E-state index in [0.29, 0.717) is 6.54 Å². The van der Waals surface area contributed by atoms with Crippen LogP contribution in [-0.2, 0) is 28.9 Å². The third-order valence-corrected chi connectivity index (χ3v) is 7.21. The van der Waals surface area contributed by atoms with E-state index < -0.39 is 11.6 Å². The molecule has 1 aliphatic heterocycles. The fourth-order valence-corrected chi connectivity index (χ4v) is 5.27. The molecule has 2 N–H and O–H groups in total. The number of nitriles is 1. The zero-order valence-electron chi connectivity index (χ0n) is 23.2. The third-order valence-electron chi connectivity index (χ3n) is 7.21. The molecule has 5 nitrogen and oxygen atoms in total. The lowest BCUT2D eigenvalue weighted by molar-refractivity contribution is -0.150. The van der Waals surface area contributed by atoms with Crippen LogP contribution in [0.4, 0.5) is 4.39 Å². The van der Waals surface area contributed by atoms with Crippen LogP contribution in [0.3, 0.4) is 0 Å². The van der Waals surface area contributed by atoms with Crippen molar-refractivity contribution in [1.29, 1.82) is 5.26 Å². The summed E-state index contributed by atoms with van der Waals surface area (Å²) in [5, 5.41) is 16.8. The first-order valence-corrected chi connectivity index (χ1v) is 14.0. The summed E-state index contributed by atoms with van der Waals surface area (Å²) in [6.07, 6.45) is 3.33. The molecule has 3 aromatic rings. The highest BCUT2D eigenvalue weighted by atomic mass is 19.1. The van der Waals surface area contributed by atoms with Crippen LogP contribution in [0.5, 0.6) is 0 Å². The molecule has 206 valence electrons. The molecule has 0 spiro atoms. The van der Waals surface area contributed by atoms with Crippen LogP contribution >= 0.6 is 0 Å². The van der Waals surface area contributed by atoms with Crippen LogP contribution in [0.1, 0.15) is 55.9 Å². The van der Waals surface area contributed by atoms with E-state index in [1.165, 1.54) is 17.2 Å². The van der Waals surface area contributed by atoms with Gasteiger partial charge in [-0.25, -0.2) is 4.39 Å². The number of hydrogen-bond acceptors (Lipinski definition) is 5. The minimum absolute atomic E-state index is 0.0522. The summed E-state index contributed by atoms with van der Waals surface area (Å²) in [5.41, 5.74) is 3.35. The number of nitrogens with one attached hydrogen (secondary N) is 2. The molecule has 1 heterocycles. The van der Waals surface area contributed by atoms with Crippen LogP contribution in [-0.4, -0.2) is 36.6 Å². The van der Waals surface area contributed by atoms with Gasteiger partial charge in [-0.05, 0) is 68.5 Å². The van der Waals surface area contributed by atoms with Crippen molar-refractivity contribution < 1.29 is 13.9 Å². The van der Waals surface area contributed by atoms with E-state index in [-0.39, 0.29) is 29.9 Å². The lowest BCUT2D eigenvalue weighted by atomic mass is 9.91. The molecule has 39 heavy (non-hydrogen) atoms. The maximum Gasteiger partial charge on any atom is 0.163 e. The minimum atomic E-state index is -0.739. The van der Waals surface area contributed by atoms with Gasteiger partial charge in [0.05, 0.1) is 5.56 Å². The Hall–Kier alpha value is -3.08. The molecular formula is C33H40FN3O2. The number of ether oxygens (including phenoxy) is 2. The van der Waals surface area contributed by atoms with Crippen molar-refractivity contribution in [1.82, 2.24) is 10.6 Å². The van der Waals surface area contributed by atoms with Crippen molar-refractivity contribution in [3.63, 3.8) is 0 Å². The number of nitrogens with zero attached hydrogens (tertiary/aromatic N) is 1. The third kappa shape index (κ3) is 8.20. The highest BCUT2D eigenvalue weighted by Crippen LogP contribution is 2.34. The molecule has 0 bridgehead atoms. The first-order valence-electron chi connectivity index (χ1n) is 14.0. The molecule has 3 aromatic carbocycles. The van der Waals surface area contributed by atoms with E-state index in [1.54, 1.807) is 12.1 Å². The zero-order valence-corrected chi connectivity index (χ0v) is 23.2. The molecule has 1 fully saturated rings. The SMILES string of the molecule is CCCCNC(Cc1ccccc1)C1OC(C)(C)OC1C(Cc1ccccc1)NCc1ccc(F)c(C#N)c1. The van der Waals surface area contributed by atoms with Gasteiger partial charge >= 0.3 is 0 Å². The summed E-state index contributed by atoms with van der Waals surface area (Å²) in [7, 11) is 0. The monoisotopic (exact) mass is 529 g/mol. The van der Waals surface area contributed by atoms with Crippen LogP contribution in [0, 0.1) is 17.1 Å². The van der Waals surface area contributed by atoms with Crippen molar-refractivity contribution in [2.75, 3.05) is 6.54 Å². The predicted octanol–water partition coefficient (Wildman–Crippen LogP) is 5.92. The summed E-state index contributed by atoms with van der Waals surface area (Å²) in [6, 6.07) is 27.5. The second kappa shape index (κ2) is 13.8. The molecular weight excluding hydrogens is 489 g/mol. The van der Waals surface area contributed by atoms with E-state index in [0.717, 1.165) is 37.8 Å². The quantitative estimate of drug-likeness (QED) is 0.269. The van der Waals surface area contributed by atoms with Crippen molar-refractivity contribution >= 4 is 0 Å². The van der Waals surface area contributed by atoms with Crippen LogP contribution in [0.15, 0.2) is 78.9 Å². The van der Waals surface area contributed by atoms with Crippen molar-refractivity contribution in [3.05, 3.63) is 107 Å². The summed E-state index contributed by atoms with van der Waals surface area (Å²) >= 11 is 0. The smallest absolute Gasteiger partial charge is 0.163 e. The molecule has 0 amide bonds. The second-order valence-electron chi connectivity index (χ2n) is 10.8. The first-order chi connectivity index (χ1) is 18.9. The standard InChI is InChI=1S/C33H40FN3O2/c1-4-5-18-36-29(20-24-12-8-6-9-13-24)31-32(39-33(2,3)38-31)30(21-25-14-10-7-11-15-25)37-23-26-16-17-28(34)27(19-26)22-35/h6-17,19,29-32,36-37H,4-5,18,20-21,23H2,1-3H3. The molecule has 6 heteroatoms. The van der Waals surface area contributed by atoms with Gasteiger partial charge in [0, 0.05) is 18.6 Å². The van der Waals surface area contributed by atoms with Gasteiger partial charge in [0.2, 0.25) is 0 Å². The van der Waals surface area contributed by atoms with Gasteiger partial charge in [0.15, 0.2) is 5.79 Å². The Morgan fingerprint density at radius 1 is 0.846 bits per heavy atom. The number of unbranched alkanes of at least 4 members (excludes halogenated alkanes) is 1. The van der Waals surface area contributed by atoms with Crippen molar-refractivity contribution in [3.8, 4) is 6.07 Å². The fourth-order valence-electron chi connectivity index (χ4n) is 5.27. The molecule has 0 aromatic heterocycles. The average molecular weight is 530 g/mol. The van der Waals surface area contributed by atoms with E-state index in [9.17, 15) is 9.65 Å². The Labute approximate surface area is 232 Å². The van der Waals surface area contributed by atoms with Gasteiger partial charge in [-0.2, -0.15) is 5.26 Å². The number of halogens is 1. The summed E-state index contributed by atoms with van der Waals surface area (Å²) < 4.78 is 27.2. The van der Waals surface area contributed by atoms with E-state index in [2.05, 4.69) is 54.0 Å². The average Bonchev–Trinajstić information content (AvgIpc) is 3.27. The van der Waals surface area contributed by atoms with Crippen LogP contribution in [0.2, 0.25) is 0 Å². The Morgan fingerprint density at radius 2 is 1.41 bits per heavy atom. The summed E-state index contributed by atoms with van der Waals surface area (Å²) in [4.78, 5) is 0. The molecule has 1 saturated heterocycles. The van der Waals surface area contributed by atoms with Gasteiger partial charge in [0.1, 0.15) is 24.1 Å². The second-order valence-corrected chi connectivity index (χ2v) is 10.8. The maximum absolute atomic E-state index is 13.9. The molecule has 0 aliphatic carbocycles. The highest BCUT2D eigenvalue weighted by molar-refractivity contribution is 5.34. The van der Waals surface area contributed by atoms with Crippen molar-refractivity contribution in [2.24, 2.45) is 0 Å². The first kappa shape index (κ1) is 28.9. The number of hydrogen-bond donors (Lipinski definition) is 2. The minimum Gasteiger partial charge on any atom is -0.343 e. The van der Waals surface area contributed by atoms with E-state index in [4.69, 9.17) is 9.47 Å². The Kier molecular flexibility index (Phi) is 10.2. The fraction of sp³-hybridized carbons (Fsp3) is 0.424. The summed E-state index contributed by atoms with van der Waals surface area (Å²) in [6.45, 7) is 7.53. The molecule has 0 radical (unpaired) electrons. The maximum atomic E-state index is 13.9. The molecule has 4 unspecified atom stereocenters. The van der Waals surface area contributed by atoms with Crippen LogP contribution in [0.25, 0.3) is 0 Å². The van der Waals surface area contributed by atoms with E-state index >= 15 is 0 Å². The Balaban J connectivity index is 1.62. The molecule has 4 atom stereocenters. The Morgan fingerprint density at radius 3 is 1.95 bits per heavy atom. The van der Waals surface area contributed by atoms with Gasteiger partial charge in [0.25, 0.3) is 0 Å². The van der Waals surface area contributed by atoms with Gasteiger partial charge in [-0.3, -0.25) is 0 Å². The highest BCUT2D eigenvalue weighted by Gasteiger charge is 2.48. The zero-order chi connectivity index (χ0) is 27.7. The Bertz CT molecular complexity index is 1210.